The van der Waals surface area contributed by atoms with Gasteiger partial charge in [-0.3, -0.25) is 0 Å². The van der Waals surface area contributed by atoms with Crippen LogP contribution in [0, 0.1) is 5.82 Å². The molecule has 0 spiro atoms. The van der Waals surface area contributed by atoms with Gasteiger partial charge in [0.25, 0.3) is 0 Å². The molecule has 0 radical (unpaired) electrons. The van der Waals surface area contributed by atoms with Gasteiger partial charge < -0.3 is 5.11 Å². The lowest BCUT2D eigenvalue weighted by atomic mass is 10.0. The Morgan fingerprint density at radius 3 is 2.21 bits per heavy atom. The van der Waals surface area contributed by atoms with Crippen LogP contribution >= 0.6 is 0 Å². The maximum absolute atomic E-state index is 12.6. The molecule has 0 heterocycles. The summed E-state index contributed by atoms with van der Waals surface area (Å²) in [6.45, 7) is 3.97. The number of aliphatic hydroxyl groups is 1. The Hall–Kier alpha value is -1.15. The smallest absolute Gasteiger partial charge is 0.123 e. The summed E-state index contributed by atoms with van der Waals surface area (Å²) in [5, 5.41) is 8.91. The molecular weight excluding hydrogens is 179 g/mol. The van der Waals surface area contributed by atoms with Crippen LogP contribution in [0.5, 0.6) is 0 Å². The van der Waals surface area contributed by atoms with Crippen LogP contribution in [0.25, 0.3) is 0 Å². The van der Waals surface area contributed by atoms with Gasteiger partial charge in [-0.1, -0.05) is 17.7 Å². The second-order valence-electron chi connectivity index (χ2n) is 3.52. The molecule has 0 aliphatic heterocycles. The predicted octanol–water partition coefficient (Wildman–Crippen LogP) is 2.70. The van der Waals surface area contributed by atoms with Gasteiger partial charge in [0.05, 0.1) is 6.61 Å². The van der Waals surface area contributed by atoms with E-state index in [4.69, 9.17) is 5.11 Å². The largest absolute Gasteiger partial charge is 0.392 e. The Labute approximate surface area is 83.9 Å². The average molecular weight is 194 g/mol. The van der Waals surface area contributed by atoms with E-state index in [0.717, 1.165) is 23.1 Å². The molecule has 1 aromatic rings. The number of halogens is 1. The summed E-state index contributed by atoms with van der Waals surface area (Å²) >= 11 is 0. The molecule has 0 aromatic heterocycles. The molecule has 0 saturated carbocycles. The third-order valence-electron chi connectivity index (χ3n) is 2.35. The minimum absolute atomic E-state index is 0.0903. The van der Waals surface area contributed by atoms with Crippen molar-refractivity contribution in [3.8, 4) is 0 Å². The van der Waals surface area contributed by atoms with E-state index in [1.165, 1.54) is 12.1 Å². The third-order valence-corrected chi connectivity index (χ3v) is 2.35. The van der Waals surface area contributed by atoms with Crippen LogP contribution in [0.1, 0.15) is 19.4 Å². The van der Waals surface area contributed by atoms with Crippen LogP contribution in [0.4, 0.5) is 4.39 Å². The zero-order chi connectivity index (χ0) is 10.6. The predicted molar refractivity (Wildman–Crippen MR) is 55.6 cm³/mol. The minimum atomic E-state index is -0.214. The Morgan fingerprint density at radius 2 is 1.71 bits per heavy atom. The average Bonchev–Trinajstić information content (AvgIpc) is 2.20. The highest BCUT2D eigenvalue weighted by Crippen LogP contribution is 2.11. The fraction of sp³-hybridized carbons (Fsp3) is 0.333. The Balaban J connectivity index is 2.74. The van der Waals surface area contributed by atoms with Crippen molar-refractivity contribution in [2.45, 2.75) is 20.3 Å². The molecule has 76 valence electrons. The molecule has 1 rings (SSSR count). The van der Waals surface area contributed by atoms with Gasteiger partial charge in [-0.25, -0.2) is 4.39 Å². The maximum atomic E-state index is 12.6. The molecule has 0 unspecified atom stereocenters. The highest BCUT2D eigenvalue weighted by molar-refractivity contribution is 5.24. The van der Waals surface area contributed by atoms with Gasteiger partial charge in [0.1, 0.15) is 5.82 Å². The second-order valence-corrected chi connectivity index (χ2v) is 3.52. The fourth-order valence-electron chi connectivity index (χ4n) is 1.19. The van der Waals surface area contributed by atoms with Crippen LogP contribution in [-0.4, -0.2) is 11.7 Å². The lowest BCUT2D eigenvalue weighted by Crippen LogP contribution is -1.94. The summed E-state index contributed by atoms with van der Waals surface area (Å²) in [6.07, 6.45) is 0.771. The van der Waals surface area contributed by atoms with E-state index in [0.29, 0.717) is 0 Å². The summed E-state index contributed by atoms with van der Waals surface area (Å²) in [7, 11) is 0. The number of allylic oxidation sites excluding steroid dienone is 1. The topological polar surface area (TPSA) is 20.2 Å². The van der Waals surface area contributed by atoms with E-state index in [1.54, 1.807) is 12.1 Å². The molecule has 0 fully saturated rings. The van der Waals surface area contributed by atoms with Gasteiger partial charge in [-0.05, 0) is 43.5 Å². The number of aliphatic hydroxyl groups excluding tert-OH is 1. The molecule has 0 aliphatic rings. The molecule has 1 nitrogen and oxygen atoms in total. The second kappa shape index (κ2) is 4.91. The van der Waals surface area contributed by atoms with Gasteiger partial charge in [-0.15, -0.1) is 0 Å². The third kappa shape index (κ3) is 2.96. The highest BCUT2D eigenvalue weighted by atomic mass is 19.1. The number of rotatable bonds is 3. The van der Waals surface area contributed by atoms with E-state index in [1.807, 2.05) is 13.8 Å². The van der Waals surface area contributed by atoms with Crippen molar-refractivity contribution in [1.29, 1.82) is 0 Å². The lowest BCUT2D eigenvalue weighted by molar-refractivity contribution is 0.330. The van der Waals surface area contributed by atoms with Gasteiger partial charge in [0.15, 0.2) is 0 Å². The number of hydrogen-bond acceptors (Lipinski definition) is 1. The van der Waals surface area contributed by atoms with Crippen LogP contribution < -0.4 is 0 Å². The SMILES string of the molecule is C/C(CO)=C(/C)Cc1ccc(F)cc1. The molecule has 0 atom stereocenters. The first-order chi connectivity index (χ1) is 6.63. The maximum Gasteiger partial charge on any atom is 0.123 e. The lowest BCUT2D eigenvalue weighted by Gasteiger charge is -2.05. The van der Waals surface area contributed by atoms with Crippen molar-refractivity contribution in [3.05, 3.63) is 46.8 Å². The van der Waals surface area contributed by atoms with Gasteiger partial charge in [0, 0.05) is 0 Å². The van der Waals surface area contributed by atoms with E-state index in [9.17, 15) is 4.39 Å². The zero-order valence-corrected chi connectivity index (χ0v) is 8.55. The number of benzene rings is 1. The van der Waals surface area contributed by atoms with Gasteiger partial charge in [-0.2, -0.15) is 0 Å². The quantitative estimate of drug-likeness (QED) is 0.733. The Bertz CT molecular complexity index is 325. The van der Waals surface area contributed by atoms with Gasteiger partial charge >= 0.3 is 0 Å². The molecule has 1 N–H and O–H groups in total. The fourth-order valence-corrected chi connectivity index (χ4v) is 1.19. The molecule has 1 aromatic carbocycles. The van der Waals surface area contributed by atoms with Crippen molar-refractivity contribution in [2.75, 3.05) is 6.61 Å². The van der Waals surface area contributed by atoms with Crippen molar-refractivity contribution < 1.29 is 9.50 Å². The molecule has 0 saturated heterocycles. The van der Waals surface area contributed by atoms with Crippen molar-refractivity contribution >= 4 is 0 Å². The Kier molecular flexibility index (Phi) is 3.84. The first-order valence-electron chi connectivity index (χ1n) is 4.64. The first-order valence-corrected chi connectivity index (χ1v) is 4.64. The summed E-state index contributed by atoms with van der Waals surface area (Å²) in [5.41, 5.74) is 3.19. The van der Waals surface area contributed by atoms with Crippen LogP contribution in [-0.2, 0) is 6.42 Å². The summed E-state index contributed by atoms with van der Waals surface area (Å²) in [6, 6.07) is 6.45. The van der Waals surface area contributed by atoms with Crippen LogP contribution in [0.2, 0.25) is 0 Å². The van der Waals surface area contributed by atoms with E-state index in [2.05, 4.69) is 0 Å². The molecule has 0 bridgehead atoms. The van der Waals surface area contributed by atoms with Crippen molar-refractivity contribution in [3.63, 3.8) is 0 Å². The summed E-state index contributed by atoms with van der Waals surface area (Å²) in [4.78, 5) is 0. The number of hydrogen-bond donors (Lipinski definition) is 1. The Morgan fingerprint density at radius 1 is 1.14 bits per heavy atom. The molecule has 0 amide bonds. The molecule has 2 heteroatoms. The van der Waals surface area contributed by atoms with Gasteiger partial charge in [0.2, 0.25) is 0 Å². The van der Waals surface area contributed by atoms with Crippen molar-refractivity contribution in [1.82, 2.24) is 0 Å². The molecule has 0 aliphatic carbocycles. The van der Waals surface area contributed by atoms with Crippen molar-refractivity contribution in [2.24, 2.45) is 0 Å². The zero-order valence-electron chi connectivity index (χ0n) is 8.55. The van der Waals surface area contributed by atoms with E-state index >= 15 is 0 Å². The highest BCUT2D eigenvalue weighted by Gasteiger charge is 1.98. The normalized spacial score (nSPS) is 12.6. The summed E-state index contributed by atoms with van der Waals surface area (Å²) < 4.78 is 12.6. The van der Waals surface area contributed by atoms with Crippen LogP contribution in [0.15, 0.2) is 35.4 Å². The van der Waals surface area contributed by atoms with Crippen LogP contribution in [0.3, 0.4) is 0 Å². The monoisotopic (exact) mass is 194 g/mol. The summed E-state index contributed by atoms with van der Waals surface area (Å²) in [5.74, 6) is -0.214. The molecular formula is C12H15FO. The molecule has 14 heavy (non-hydrogen) atoms. The standard InChI is InChI=1S/C12H15FO/c1-9(10(2)8-14)7-11-3-5-12(13)6-4-11/h3-6,14H,7-8H2,1-2H3/b10-9+. The van der Waals surface area contributed by atoms with E-state index in [-0.39, 0.29) is 12.4 Å². The van der Waals surface area contributed by atoms with E-state index < -0.39 is 0 Å². The first kappa shape index (κ1) is 10.9. The minimum Gasteiger partial charge on any atom is -0.392 e.